The molecule has 7 heteroatoms. The Balaban J connectivity index is 2.03. The Morgan fingerprint density at radius 1 is 1.04 bits per heavy atom. The van der Waals surface area contributed by atoms with Gasteiger partial charge in [0.2, 0.25) is 5.91 Å². The molecule has 1 heterocycles. The maximum atomic E-state index is 12.9. The molecule has 2 N–H and O–H groups in total. The van der Waals surface area contributed by atoms with Crippen molar-refractivity contribution in [2.75, 3.05) is 6.54 Å². The van der Waals surface area contributed by atoms with Crippen LogP contribution in [0.4, 0.5) is 0 Å². The van der Waals surface area contributed by atoms with Crippen LogP contribution in [0.2, 0.25) is 0 Å². The van der Waals surface area contributed by atoms with E-state index in [0.717, 1.165) is 6.42 Å². The molecule has 0 saturated heterocycles. The summed E-state index contributed by atoms with van der Waals surface area (Å²) >= 11 is 0. The lowest BCUT2D eigenvalue weighted by Crippen LogP contribution is -2.45. The molecule has 0 fully saturated rings. The quantitative estimate of drug-likeness (QED) is 0.686. The first-order valence-corrected chi connectivity index (χ1v) is 9.19. The molecule has 0 bridgehead atoms. The number of para-hydroxylation sites is 1. The molecule has 3 rings (SSSR count). The summed E-state index contributed by atoms with van der Waals surface area (Å²) in [6.45, 7) is 4.10. The van der Waals surface area contributed by atoms with Crippen LogP contribution in [0, 0.1) is 0 Å². The highest BCUT2D eigenvalue weighted by Gasteiger charge is 2.21. The molecular formula is C21H22N4O3. The highest BCUT2D eigenvalue weighted by molar-refractivity contribution is 6.06. The number of carbonyl (C=O) groups is 2. The Hall–Kier alpha value is -3.48. The summed E-state index contributed by atoms with van der Waals surface area (Å²) in [7, 11) is 0. The molecule has 3 aromatic rings. The first kappa shape index (κ1) is 19.3. The number of nitrogens with one attached hydrogen (secondary N) is 2. The Labute approximate surface area is 162 Å². The second-order valence-electron chi connectivity index (χ2n) is 6.43. The van der Waals surface area contributed by atoms with Crippen LogP contribution in [0.1, 0.15) is 30.8 Å². The van der Waals surface area contributed by atoms with Gasteiger partial charge in [0, 0.05) is 11.9 Å². The van der Waals surface area contributed by atoms with Gasteiger partial charge in [-0.25, -0.2) is 0 Å². The van der Waals surface area contributed by atoms with Gasteiger partial charge in [0.15, 0.2) is 5.69 Å². The van der Waals surface area contributed by atoms with E-state index in [0.29, 0.717) is 23.0 Å². The topological polar surface area (TPSA) is 93.1 Å². The van der Waals surface area contributed by atoms with Gasteiger partial charge >= 0.3 is 0 Å². The molecule has 0 aliphatic heterocycles. The second-order valence-corrected chi connectivity index (χ2v) is 6.43. The molecule has 28 heavy (non-hydrogen) atoms. The van der Waals surface area contributed by atoms with E-state index in [-0.39, 0.29) is 17.2 Å². The van der Waals surface area contributed by atoms with Gasteiger partial charge in [0.25, 0.3) is 11.5 Å². The van der Waals surface area contributed by atoms with Crippen molar-refractivity contribution in [3.05, 3.63) is 70.6 Å². The summed E-state index contributed by atoms with van der Waals surface area (Å²) in [6, 6.07) is 15.0. The lowest BCUT2D eigenvalue weighted by molar-refractivity contribution is -0.122. The van der Waals surface area contributed by atoms with E-state index >= 15 is 0 Å². The molecule has 2 aromatic carbocycles. The Bertz CT molecular complexity index is 1060. The average Bonchev–Trinajstić information content (AvgIpc) is 2.73. The fourth-order valence-corrected chi connectivity index (χ4v) is 2.83. The zero-order chi connectivity index (χ0) is 20.1. The maximum Gasteiger partial charge on any atom is 0.279 e. The van der Waals surface area contributed by atoms with Gasteiger partial charge in [-0.1, -0.05) is 43.3 Å². The molecule has 0 spiro atoms. The van der Waals surface area contributed by atoms with E-state index in [1.54, 1.807) is 55.5 Å². The van der Waals surface area contributed by atoms with E-state index in [2.05, 4.69) is 15.7 Å². The van der Waals surface area contributed by atoms with E-state index in [1.807, 2.05) is 13.0 Å². The molecule has 0 saturated carbocycles. The van der Waals surface area contributed by atoms with E-state index < -0.39 is 11.9 Å². The van der Waals surface area contributed by atoms with Crippen LogP contribution < -0.4 is 16.2 Å². The molecular weight excluding hydrogens is 356 g/mol. The number of aromatic nitrogens is 2. The van der Waals surface area contributed by atoms with Gasteiger partial charge < -0.3 is 10.6 Å². The van der Waals surface area contributed by atoms with Gasteiger partial charge in [-0.15, -0.1) is 0 Å². The summed E-state index contributed by atoms with van der Waals surface area (Å²) in [5.74, 6) is -0.782. The molecule has 144 valence electrons. The third kappa shape index (κ3) is 3.93. The molecule has 7 nitrogen and oxygen atoms in total. The van der Waals surface area contributed by atoms with Crippen molar-refractivity contribution >= 4 is 22.6 Å². The minimum absolute atomic E-state index is 0.0918. The summed E-state index contributed by atoms with van der Waals surface area (Å²) in [6.07, 6.45) is 0.806. The summed E-state index contributed by atoms with van der Waals surface area (Å²) in [4.78, 5) is 37.8. The van der Waals surface area contributed by atoms with Gasteiger partial charge in [-0.3, -0.25) is 14.4 Å². The molecule has 1 atom stereocenters. The van der Waals surface area contributed by atoms with Crippen molar-refractivity contribution in [3.8, 4) is 5.69 Å². The zero-order valence-electron chi connectivity index (χ0n) is 15.8. The number of amides is 2. The predicted octanol–water partition coefficient (Wildman–Crippen LogP) is 2.03. The fraction of sp³-hybridized carbons (Fsp3) is 0.238. The zero-order valence-corrected chi connectivity index (χ0v) is 15.8. The summed E-state index contributed by atoms with van der Waals surface area (Å²) < 4.78 is 1.21. The normalized spacial score (nSPS) is 11.8. The van der Waals surface area contributed by atoms with Crippen molar-refractivity contribution in [2.45, 2.75) is 26.3 Å². The van der Waals surface area contributed by atoms with Crippen LogP contribution in [0.15, 0.2) is 59.4 Å². The van der Waals surface area contributed by atoms with E-state index in [9.17, 15) is 14.4 Å². The van der Waals surface area contributed by atoms with Crippen molar-refractivity contribution in [2.24, 2.45) is 0 Å². The fourth-order valence-electron chi connectivity index (χ4n) is 2.83. The lowest BCUT2D eigenvalue weighted by Gasteiger charge is -2.15. The Morgan fingerprint density at radius 2 is 1.68 bits per heavy atom. The number of fused-ring (bicyclic) bond motifs is 1. The van der Waals surface area contributed by atoms with Crippen molar-refractivity contribution in [1.82, 2.24) is 20.4 Å². The summed E-state index contributed by atoms with van der Waals surface area (Å²) in [5, 5.41) is 10.5. The van der Waals surface area contributed by atoms with Gasteiger partial charge in [-0.2, -0.15) is 9.78 Å². The SMILES string of the molecule is CCCNC(=O)[C@@H](C)NC(=O)c1nn(-c2ccccc2)c(=O)c2ccccc12. The van der Waals surface area contributed by atoms with Gasteiger partial charge in [0.1, 0.15) is 6.04 Å². The third-order valence-corrected chi connectivity index (χ3v) is 4.31. The van der Waals surface area contributed by atoms with Crippen molar-refractivity contribution in [1.29, 1.82) is 0 Å². The molecule has 0 aliphatic rings. The molecule has 2 amide bonds. The highest BCUT2D eigenvalue weighted by Crippen LogP contribution is 2.15. The number of nitrogens with zero attached hydrogens (tertiary/aromatic N) is 2. The maximum absolute atomic E-state index is 12.9. The summed E-state index contributed by atoms with van der Waals surface area (Å²) in [5.41, 5.74) is 0.335. The molecule has 1 aromatic heterocycles. The van der Waals surface area contributed by atoms with E-state index in [4.69, 9.17) is 0 Å². The number of benzene rings is 2. The number of rotatable bonds is 6. The van der Waals surface area contributed by atoms with Crippen LogP contribution in [0.25, 0.3) is 16.5 Å². The standard InChI is InChI=1S/C21H22N4O3/c1-3-13-22-19(26)14(2)23-20(27)18-16-11-7-8-12-17(16)21(28)25(24-18)15-9-5-4-6-10-15/h4-12,14H,3,13H2,1-2H3,(H,22,26)(H,23,27)/t14-/m1/s1. The third-order valence-electron chi connectivity index (χ3n) is 4.31. The van der Waals surface area contributed by atoms with Crippen LogP contribution in [-0.2, 0) is 4.79 Å². The second kappa shape index (κ2) is 8.47. The van der Waals surface area contributed by atoms with Crippen molar-refractivity contribution in [3.63, 3.8) is 0 Å². The Morgan fingerprint density at radius 3 is 2.36 bits per heavy atom. The van der Waals surface area contributed by atoms with Crippen LogP contribution >= 0.6 is 0 Å². The van der Waals surface area contributed by atoms with E-state index in [1.165, 1.54) is 4.68 Å². The molecule has 0 unspecified atom stereocenters. The van der Waals surface area contributed by atoms with Crippen LogP contribution in [0.3, 0.4) is 0 Å². The smallest absolute Gasteiger partial charge is 0.279 e. The first-order valence-electron chi connectivity index (χ1n) is 9.19. The van der Waals surface area contributed by atoms with Crippen molar-refractivity contribution < 1.29 is 9.59 Å². The minimum Gasteiger partial charge on any atom is -0.354 e. The number of carbonyl (C=O) groups excluding carboxylic acids is 2. The van der Waals surface area contributed by atoms with Gasteiger partial charge in [0.05, 0.1) is 11.1 Å². The lowest BCUT2D eigenvalue weighted by atomic mass is 10.1. The minimum atomic E-state index is -0.725. The molecule has 0 radical (unpaired) electrons. The number of hydrogen-bond acceptors (Lipinski definition) is 4. The first-order chi connectivity index (χ1) is 13.5. The van der Waals surface area contributed by atoms with Crippen LogP contribution in [0.5, 0.6) is 0 Å². The average molecular weight is 378 g/mol. The predicted molar refractivity (Wildman–Crippen MR) is 108 cm³/mol. The number of hydrogen-bond donors (Lipinski definition) is 2. The highest BCUT2D eigenvalue weighted by atomic mass is 16.2. The monoisotopic (exact) mass is 378 g/mol. The Kier molecular flexibility index (Phi) is 5.84. The molecule has 0 aliphatic carbocycles. The largest absolute Gasteiger partial charge is 0.354 e. The van der Waals surface area contributed by atoms with Gasteiger partial charge in [-0.05, 0) is 31.5 Å². The van der Waals surface area contributed by atoms with Crippen LogP contribution in [-0.4, -0.2) is 34.2 Å².